The summed E-state index contributed by atoms with van der Waals surface area (Å²) in [6.45, 7) is 5.87. The smallest absolute Gasteiger partial charge is 0.322 e. The quantitative estimate of drug-likeness (QED) is 0.920. The lowest BCUT2D eigenvalue weighted by atomic mass is 9.77. The van der Waals surface area contributed by atoms with Crippen molar-refractivity contribution in [1.82, 2.24) is 4.31 Å². The zero-order valence-electron chi connectivity index (χ0n) is 12.5. The molecule has 1 saturated heterocycles. The molecule has 0 spiro atoms. The molecule has 1 N–H and O–H groups in total. The highest BCUT2D eigenvalue weighted by atomic mass is 32.2. The predicted octanol–water partition coefficient (Wildman–Crippen LogP) is 2.57. The highest BCUT2D eigenvalue weighted by Crippen LogP contribution is 2.39. The molecule has 21 heavy (non-hydrogen) atoms. The van der Waals surface area contributed by atoms with E-state index in [1.54, 1.807) is 12.1 Å². The maximum Gasteiger partial charge on any atom is 0.322 e. The zero-order valence-corrected chi connectivity index (χ0v) is 14.1. The van der Waals surface area contributed by atoms with E-state index in [2.05, 4.69) is 0 Å². The summed E-state index contributed by atoms with van der Waals surface area (Å²) in [5.41, 5.74) is -0.567. The predicted molar refractivity (Wildman–Crippen MR) is 82.0 cm³/mol. The summed E-state index contributed by atoms with van der Waals surface area (Å²) in [5, 5.41) is 9.50. The van der Waals surface area contributed by atoms with E-state index in [0.717, 1.165) is 11.3 Å². The minimum atomic E-state index is -3.75. The third-order valence-electron chi connectivity index (χ3n) is 4.01. The summed E-state index contributed by atoms with van der Waals surface area (Å²) in [4.78, 5) is 12.6. The molecule has 1 aliphatic rings. The van der Waals surface area contributed by atoms with Crippen molar-refractivity contribution in [3.63, 3.8) is 0 Å². The van der Waals surface area contributed by atoms with Gasteiger partial charge < -0.3 is 5.11 Å². The summed E-state index contributed by atoms with van der Waals surface area (Å²) in [5.74, 6) is -1.07. The highest BCUT2D eigenvalue weighted by molar-refractivity contribution is 7.91. The second-order valence-corrected chi connectivity index (χ2v) is 9.31. The third-order valence-corrected chi connectivity index (χ3v) is 7.57. The van der Waals surface area contributed by atoms with Gasteiger partial charge in [0.15, 0.2) is 0 Å². The van der Waals surface area contributed by atoms with Crippen LogP contribution in [0.15, 0.2) is 16.3 Å². The van der Waals surface area contributed by atoms with Gasteiger partial charge in [-0.2, -0.15) is 4.31 Å². The number of aliphatic carboxylic acids is 1. The molecule has 1 atom stereocenters. The van der Waals surface area contributed by atoms with Gasteiger partial charge in [0.25, 0.3) is 10.0 Å². The van der Waals surface area contributed by atoms with Gasteiger partial charge in [0.1, 0.15) is 10.3 Å². The largest absolute Gasteiger partial charge is 0.480 e. The number of sulfonamides is 1. The fourth-order valence-corrected chi connectivity index (χ4v) is 6.06. The fourth-order valence-electron chi connectivity index (χ4n) is 2.86. The molecule has 0 radical (unpaired) electrons. The molecule has 7 heteroatoms. The van der Waals surface area contributed by atoms with Crippen LogP contribution >= 0.6 is 11.3 Å². The lowest BCUT2D eigenvalue weighted by molar-refractivity contribution is -0.147. The molecular weight excluding hydrogens is 310 g/mol. The van der Waals surface area contributed by atoms with Crippen molar-refractivity contribution in [2.75, 3.05) is 6.54 Å². The highest BCUT2D eigenvalue weighted by Gasteiger charge is 2.47. The summed E-state index contributed by atoms with van der Waals surface area (Å²) < 4.78 is 27.0. The van der Waals surface area contributed by atoms with E-state index in [4.69, 9.17) is 0 Å². The molecule has 1 aliphatic heterocycles. The van der Waals surface area contributed by atoms with E-state index in [-0.39, 0.29) is 10.8 Å². The molecule has 0 aromatic carbocycles. The topological polar surface area (TPSA) is 74.7 Å². The van der Waals surface area contributed by atoms with Gasteiger partial charge in [-0.1, -0.05) is 20.8 Å². The van der Waals surface area contributed by atoms with E-state index < -0.39 is 27.4 Å². The van der Waals surface area contributed by atoms with Gasteiger partial charge in [-0.25, -0.2) is 8.42 Å². The minimum absolute atomic E-state index is 0.239. The standard InChI is InChI=1S/C14H21NO4S2/c1-4-10-6-7-11(20-10)21(18,19)15-9-5-8-14(2,3)12(15)13(16)17/h6-7,12H,4-5,8-9H2,1-3H3,(H,16,17). The normalized spacial score (nSPS) is 23.1. The molecule has 1 aromatic heterocycles. The van der Waals surface area contributed by atoms with Crippen LogP contribution in [0.25, 0.3) is 0 Å². The van der Waals surface area contributed by atoms with E-state index in [1.807, 2.05) is 20.8 Å². The molecule has 5 nitrogen and oxygen atoms in total. The van der Waals surface area contributed by atoms with Gasteiger partial charge in [0.2, 0.25) is 0 Å². The Morgan fingerprint density at radius 3 is 2.67 bits per heavy atom. The number of rotatable bonds is 4. The number of thiophene rings is 1. The number of carboxylic acid groups (broad SMARTS) is 1. The van der Waals surface area contributed by atoms with Crippen molar-refractivity contribution in [2.24, 2.45) is 5.41 Å². The van der Waals surface area contributed by atoms with Gasteiger partial charge in [0, 0.05) is 11.4 Å². The van der Waals surface area contributed by atoms with E-state index in [0.29, 0.717) is 12.8 Å². The zero-order chi connectivity index (χ0) is 15.8. The molecule has 0 amide bonds. The van der Waals surface area contributed by atoms with Crippen LogP contribution < -0.4 is 0 Å². The Bertz CT molecular complexity index is 633. The lowest BCUT2D eigenvalue weighted by Gasteiger charge is -2.42. The van der Waals surface area contributed by atoms with Gasteiger partial charge in [-0.3, -0.25) is 4.79 Å². The Kier molecular flexibility index (Phi) is 4.46. The summed E-state index contributed by atoms with van der Waals surface area (Å²) in [6, 6.07) is 2.37. The molecule has 2 heterocycles. The summed E-state index contributed by atoms with van der Waals surface area (Å²) in [7, 11) is -3.75. The number of aryl methyl sites for hydroxylation is 1. The van der Waals surface area contributed by atoms with Crippen molar-refractivity contribution >= 4 is 27.3 Å². The Labute approximate surface area is 129 Å². The SMILES string of the molecule is CCc1ccc(S(=O)(=O)N2CCCC(C)(C)C2C(=O)O)s1. The van der Waals surface area contributed by atoms with Crippen molar-refractivity contribution in [1.29, 1.82) is 0 Å². The second kappa shape index (κ2) is 5.70. The van der Waals surface area contributed by atoms with E-state index in [9.17, 15) is 18.3 Å². The first-order valence-electron chi connectivity index (χ1n) is 7.03. The molecule has 2 rings (SSSR count). The van der Waals surface area contributed by atoms with Gasteiger partial charge in [0.05, 0.1) is 0 Å². The first-order chi connectivity index (χ1) is 9.70. The number of carboxylic acids is 1. The monoisotopic (exact) mass is 331 g/mol. The fraction of sp³-hybridized carbons (Fsp3) is 0.643. The first-order valence-corrected chi connectivity index (χ1v) is 9.29. The Morgan fingerprint density at radius 1 is 1.48 bits per heavy atom. The van der Waals surface area contributed by atoms with E-state index in [1.165, 1.54) is 15.6 Å². The third kappa shape index (κ3) is 3.00. The number of hydrogen-bond acceptors (Lipinski definition) is 4. The minimum Gasteiger partial charge on any atom is -0.480 e. The van der Waals surface area contributed by atoms with Crippen LogP contribution in [0, 0.1) is 5.41 Å². The van der Waals surface area contributed by atoms with Crippen molar-refractivity contribution < 1.29 is 18.3 Å². The van der Waals surface area contributed by atoms with Crippen LogP contribution in [0.3, 0.4) is 0 Å². The van der Waals surface area contributed by atoms with Crippen LogP contribution in [0.2, 0.25) is 0 Å². The molecule has 118 valence electrons. The number of nitrogens with zero attached hydrogens (tertiary/aromatic N) is 1. The maximum atomic E-state index is 12.8. The second-order valence-electron chi connectivity index (χ2n) is 6.02. The number of carbonyl (C=O) groups is 1. The molecule has 1 unspecified atom stereocenters. The summed E-state index contributed by atoms with van der Waals surface area (Å²) >= 11 is 1.22. The van der Waals surface area contributed by atoms with Crippen LogP contribution in [-0.2, 0) is 21.2 Å². The van der Waals surface area contributed by atoms with E-state index >= 15 is 0 Å². The number of piperidine rings is 1. The summed E-state index contributed by atoms with van der Waals surface area (Å²) in [6.07, 6.45) is 2.16. The molecule has 1 aromatic rings. The van der Waals surface area contributed by atoms with Crippen LogP contribution in [-0.4, -0.2) is 36.4 Å². The first kappa shape index (κ1) is 16.5. The molecular formula is C14H21NO4S2. The maximum absolute atomic E-state index is 12.8. The van der Waals surface area contributed by atoms with Crippen LogP contribution in [0.5, 0.6) is 0 Å². The Morgan fingerprint density at radius 2 is 2.14 bits per heavy atom. The Balaban J connectivity index is 2.44. The average molecular weight is 331 g/mol. The molecule has 0 bridgehead atoms. The van der Waals surface area contributed by atoms with Crippen LogP contribution in [0.1, 0.15) is 38.5 Å². The molecule has 1 fully saturated rings. The lowest BCUT2D eigenvalue weighted by Crippen LogP contribution is -2.56. The molecule has 0 aliphatic carbocycles. The van der Waals surface area contributed by atoms with Crippen molar-refractivity contribution in [3.05, 3.63) is 17.0 Å². The van der Waals surface area contributed by atoms with Crippen molar-refractivity contribution in [3.8, 4) is 0 Å². The van der Waals surface area contributed by atoms with Gasteiger partial charge >= 0.3 is 5.97 Å². The van der Waals surface area contributed by atoms with Gasteiger partial charge in [-0.05, 0) is 36.8 Å². The van der Waals surface area contributed by atoms with Gasteiger partial charge in [-0.15, -0.1) is 11.3 Å². The Hall–Kier alpha value is -0.920. The van der Waals surface area contributed by atoms with Crippen molar-refractivity contribution in [2.45, 2.75) is 50.3 Å². The number of hydrogen-bond donors (Lipinski definition) is 1. The average Bonchev–Trinajstić information content (AvgIpc) is 2.86. The molecule has 0 saturated carbocycles. The van der Waals surface area contributed by atoms with Crippen LogP contribution in [0.4, 0.5) is 0 Å².